The molecule has 0 saturated heterocycles. The van der Waals surface area contributed by atoms with Crippen molar-refractivity contribution in [3.05, 3.63) is 48.5 Å². The first-order valence-electron chi connectivity index (χ1n) is 8.08. The molecule has 0 unspecified atom stereocenters. The van der Waals surface area contributed by atoms with Gasteiger partial charge in [-0.1, -0.05) is 39.0 Å². The number of aliphatic hydroxyl groups excluding tert-OH is 1. The van der Waals surface area contributed by atoms with E-state index in [4.69, 9.17) is 4.74 Å². The first kappa shape index (κ1) is 18.7. The molecule has 25 heavy (non-hydrogen) atoms. The Kier molecular flexibility index (Phi) is 6.30. The van der Waals surface area contributed by atoms with Crippen molar-refractivity contribution >= 4 is 11.7 Å². The number of amides is 2. The third kappa shape index (κ3) is 6.39. The molecule has 0 saturated carbocycles. The molecule has 2 amide bonds. The number of carbonyl (C=O) groups is 1. The number of anilines is 1. The van der Waals surface area contributed by atoms with Crippen LogP contribution in [0.1, 0.15) is 26.6 Å². The van der Waals surface area contributed by atoms with E-state index < -0.39 is 12.1 Å². The van der Waals surface area contributed by atoms with Gasteiger partial charge in [0.25, 0.3) is 0 Å². The Bertz CT molecular complexity index is 669. The molecule has 1 atom stereocenters. The Morgan fingerprint density at radius 2 is 1.84 bits per heavy atom. The molecule has 0 bridgehead atoms. The second-order valence-electron chi connectivity index (χ2n) is 6.66. The van der Waals surface area contributed by atoms with E-state index in [9.17, 15) is 9.90 Å². The van der Waals surface area contributed by atoms with Crippen LogP contribution in [0.2, 0.25) is 0 Å². The minimum absolute atomic E-state index is 0.0690. The Morgan fingerprint density at radius 1 is 1.20 bits per heavy atom. The normalized spacial score (nSPS) is 12.3. The Balaban J connectivity index is 1.73. The third-order valence-corrected chi connectivity index (χ3v) is 3.26. The Labute approximate surface area is 147 Å². The summed E-state index contributed by atoms with van der Waals surface area (Å²) >= 11 is 0. The average Bonchev–Trinajstić information content (AvgIpc) is 2.59. The molecule has 2 aromatic rings. The van der Waals surface area contributed by atoms with Crippen molar-refractivity contribution in [3.8, 4) is 5.75 Å². The van der Waals surface area contributed by atoms with Crippen molar-refractivity contribution < 1.29 is 14.6 Å². The van der Waals surface area contributed by atoms with Gasteiger partial charge in [-0.15, -0.1) is 0 Å². The van der Waals surface area contributed by atoms with E-state index >= 15 is 0 Å². The molecule has 0 aliphatic rings. The molecule has 0 fully saturated rings. The SMILES string of the molecule is CC(C)(C)c1ncc(NC(=O)NC[C@H](O)COc2ccccc2)cn1. The molecule has 2 rings (SSSR count). The fourth-order valence-electron chi connectivity index (χ4n) is 1.93. The van der Waals surface area contributed by atoms with Crippen LogP contribution >= 0.6 is 0 Å². The number of aromatic nitrogens is 2. The van der Waals surface area contributed by atoms with Gasteiger partial charge in [0, 0.05) is 12.0 Å². The van der Waals surface area contributed by atoms with Crippen LogP contribution in [0.3, 0.4) is 0 Å². The Hall–Kier alpha value is -2.67. The maximum atomic E-state index is 11.8. The van der Waals surface area contributed by atoms with Crippen LogP contribution in [0.25, 0.3) is 0 Å². The maximum Gasteiger partial charge on any atom is 0.319 e. The Morgan fingerprint density at radius 3 is 2.44 bits per heavy atom. The summed E-state index contributed by atoms with van der Waals surface area (Å²) in [7, 11) is 0. The van der Waals surface area contributed by atoms with Gasteiger partial charge < -0.3 is 20.5 Å². The van der Waals surface area contributed by atoms with Crippen LogP contribution in [-0.4, -0.2) is 40.4 Å². The lowest BCUT2D eigenvalue weighted by Gasteiger charge is -2.16. The lowest BCUT2D eigenvalue weighted by atomic mass is 9.96. The van der Waals surface area contributed by atoms with E-state index in [1.807, 2.05) is 39.0 Å². The molecular weight excluding hydrogens is 320 g/mol. The van der Waals surface area contributed by atoms with Gasteiger partial charge in [0.2, 0.25) is 0 Å². The number of para-hydroxylation sites is 1. The van der Waals surface area contributed by atoms with Gasteiger partial charge in [-0.2, -0.15) is 0 Å². The van der Waals surface area contributed by atoms with Crippen LogP contribution < -0.4 is 15.4 Å². The lowest BCUT2D eigenvalue weighted by Crippen LogP contribution is -2.37. The quantitative estimate of drug-likeness (QED) is 0.747. The number of ether oxygens (including phenoxy) is 1. The first-order valence-corrected chi connectivity index (χ1v) is 8.08. The number of hydrogen-bond acceptors (Lipinski definition) is 5. The lowest BCUT2D eigenvalue weighted by molar-refractivity contribution is 0.108. The van der Waals surface area contributed by atoms with Gasteiger partial charge >= 0.3 is 6.03 Å². The molecule has 0 aliphatic carbocycles. The van der Waals surface area contributed by atoms with Crippen molar-refractivity contribution in [2.45, 2.75) is 32.3 Å². The van der Waals surface area contributed by atoms with Gasteiger partial charge in [0.15, 0.2) is 0 Å². The van der Waals surface area contributed by atoms with Gasteiger partial charge in [-0.05, 0) is 12.1 Å². The number of carbonyl (C=O) groups excluding carboxylic acids is 1. The molecule has 7 heteroatoms. The van der Waals surface area contributed by atoms with E-state index in [0.717, 1.165) is 0 Å². The number of aliphatic hydroxyl groups is 1. The summed E-state index contributed by atoms with van der Waals surface area (Å²) in [6.07, 6.45) is 2.30. The predicted octanol–water partition coefficient (Wildman–Crippen LogP) is 2.34. The molecule has 1 aromatic carbocycles. The number of benzene rings is 1. The van der Waals surface area contributed by atoms with E-state index in [2.05, 4.69) is 20.6 Å². The zero-order valence-corrected chi connectivity index (χ0v) is 14.7. The number of nitrogens with zero attached hydrogens (tertiary/aromatic N) is 2. The summed E-state index contributed by atoms with van der Waals surface area (Å²) in [5.41, 5.74) is 0.337. The van der Waals surface area contributed by atoms with Crippen LogP contribution in [0.15, 0.2) is 42.7 Å². The topological polar surface area (TPSA) is 96.4 Å². The maximum absolute atomic E-state index is 11.8. The molecule has 1 aromatic heterocycles. The van der Waals surface area contributed by atoms with Crippen molar-refractivity contribution in [1.82, 2.24) is 15.3 Å². The highest BCUT2D eigenvalue weighted by Gasteiger charge is 2.17. The van der Waals surface area contributed by atoms with Gasteiger partial charge in [-0.25, -0.2) is 14.8 Å². The molecule has 0 aliphatic heterocycles. The minimum Gasteiger partial charge on any atom is -0.491 e. The molecule has 3 N–H and O–H groups in total. The highest BCUT2D eigenvalue weighted by molar-refractivity contribution is 5.88. The standard InChI is InChI=1S/C18H24N4O3/c1-18(2,3)16-19-9-13(10-20-16)22-17(24)21-11-14(23)12-25-15-7-5-4-6-8-15/h4-10,14,23H,11-12H2,1-3H3,(H2,21,22,24)/t14-/m0/s1. The molecule has 134 valence electrons. The zero-order chi connectivity index (χ0) is 18.3. The monoisotopic (exact) mass is 344 g/mol. The smallest absolute Gasteiger partial charge is 0.319 e. The van der Waals surface area contributed by atoms with E-state index in [1.54, 1.807) is 24.5 Å². The van der Waals surface area contributed by atoms with Crippen LogP contribution in [-0.2, 0) is 5.41 Å². The van der Waals surface area contributed by atoms with Gasteiger partial charge in [0.1, 0.15) is 24.3 Å². The van der Waals surface area contributed by atoms with E-state index in [1.165, 1.54) is 0 Å². The predicted molar refractivity (Wildman–Crippen MR) is 95.7 cm³/mol. The fraction of sp³-hybridized carbons (Fsp3) is 0.389. The summed E-state index contributed by atoms with van der Waals surface area (Å²) in [5.74, 6) is 1.37. The minimum atomic E-state index is -0.814. The molecule has 0 radical (unpaired) electrons. The highest BCUT2D eigenvalue weighted by atomic mass is 16.5. The number of urea groups is 1. The number of hydrogen-bond donors (Lipinski definition) is 3. The van der Waals surface area contributed by atoms with E-state index in [0.29, 0.717) is 17.3 Å². The summed E-state index contributed by atoms with van der Waals surface area (Å²) in [6, 6.07) is 8.74. The second kappa shape index (κ2) is 8.43. The first-order chi connectivity index (χ1) is 11.8. The zero-order valence-electron chi connectivity index (χ0n) is 14.7. The molecular formula is C18H24N4O3. The average molecular weight is 344 g/mol. The highest BCUT2D eigenvalue weighted by Crippen LogP contribution is 2.18. The van der Waals surface area contributed by atoms with Crippen molar-refractivity contribution in [3.63, 3.8) is 0 Å². The third-order valence-electron chi connectivity index (χ3n) is 3.26. The fourth-order valence-corrected chi connectivity index (χ4v) is 1.93. The van der Waals surface area contributed by atoms with Crippen molar-refractivity contribution in [2.75, 3.05) is 18.5 Å². The van der Waals surface area contributed by atoms with Crippen LogP contribution in [0.4, 0.5) is 10.5 Å². The van der Waals surface area contributed by atoms with Crippen LogP contribution in [0.5, 0.6) is 5.75 Å². The van der Waals surface area contributed by atoms with Crippen molar-refractivity contribution in [2.24, 2.45) is 0 Å². The molecule has 0 spiro atoms. The molecule has 7 nitrogen and oxygen atoms in total. The number of nitrogens with one attached hydrogen (secondary N) is 2. The van der Waals surface area contributed by atoms with Crippen molar-refractivity contribution in [1.29, 1.82) is 0 Å². The number of rotatable bonds is 6. The largest absolute Gasteiger partial charge is 0.491 e. The van der Waals surface area contributed by atoms with Gasteiger partial charge in [0.05, 0.1) is 18.1 Å². The van der Waals surface area contributed by atoms with Crippen LogP contribution in [0, 0.1) is 0 Å². The summed E-state index contributed by atoms with van der Waals surface area (Å²) in [4.78, 5) is 20.3. The summed E-state index contributed by atoms with van der Waals surface area (Å²) in [5, 5.41) is 15.1. The summed E-state index contributed by atoms with van der Waals surface area (Å²) in [6.45, 7) is 6.20. The molecule has 1 heterocycles. The summed E-state index contributed by atoms with van der Waals surface area (Å²) < 4.78 is 5.42. The second-order valence-corrected chi connectivity index (χ2v) is 6.66. The van der Waals surface area contributed by atoms with E-state index in [-0.39, 0.29) is 18.6 Å². The van der Waals surface area contributed by atoms with Gasteiger partial charge in [-0.3, -0.25) is 0 Å².